The molecule has 3 aromatic carbocycles. The van der Waals surface area contributed by atoms with Gasteiger partial charge in [0.05, 0.1) is 17.6 Å². The summed E-state index contributed by atoms with van der Waals surface area (Å²) in [6, 6.07) is 23.4. The highest BCUT2D eigenvalue weighted by Crippen LogP contribution is 2.27. The molecule has 1 aliphatic rings. The number of carbonyl (C=O) groups is 1. The molecule has 1 amide bonds. The molecular formula is C24H20N4OS2. The maximum atomic E-state index is 12.9. The number of para-hydroxylation sites is 2. The van der Waals surface area contributed by atoms with Crippen molar-refractivity contribution in [3.8, 4) is 11.4 Å². The van der Waals surface area contributed by atoms with Crippen LogP contribution in [0, 0.1) is 0 Å². The Morgan fingerprint density at radius 1 is 1.03 bits per heavy atom. The molecule has 31 heavy (non-hydrogen) atoms. The van der Waals surface area contributed by atoms with Crippen molar-refractivity contribution in [2.45, 2.75) is 5.75 Å². The first-order valence-electron chi connectivity index (χ1n) is 10.0. The number of carbonyl (C=O) groups excluding carboxylic acids is 1. The highest BCUT2D eigenvalue weighted by atomic mass is 32.2. The monoisotopic (exact) mass is 444 g/mol. The number of benzene rings is 3. The highest BCUT2D eigenvalue weighted by Gasteiger charge is 2.14. The van der Waals surface area contributed by atoms with Gasteiger partial charge in [-0.1, -0.05) is 53.9 Å². The van der Waals surface area contributed by atoms with Gasteiger partial charge in [-0.05, 0) is 48.0 Å². The summed E-state index contributed by atoms with van der Waals surface area (Å²) in [4.78, 5) is 25.4. The molecule has 0 spiro atoms. The first-order chi connectivity index (χ1) is 15.3. The smallest absolute Gasteiger partial charge is 0.255 e. The maximum Gasteiger partial charge on any atom is 0.255 e. The second kappa shape index (κ2) is 8.99. The van der Waals surface area contributed by atoms with Crippen molar-refractivity contribution in [3.05, 3.63) is 83.9 Å². The second-order valence-electron chi connectivity index (χ2n) is 7.08. The number of aliphatic imine (C=N–C) groups is 1. The Hall–Kier alpha value is -3.03. The lowest BCUT2D eigenvalue weighted by Gasteiger charge is -2.10. The molecule has 1 aromatic heterocycles. The van der Waals surface area contributed by atoms with Crippen molar-refractivity contribution in [2.24, 2.45) is 4.99 Å². The predicted molar refractivity (Wildman–Crippen MR) is 132 cm³/mol. The molecular weight excluding hydrogens is 424 g/mol. The first-order valence-corrected chi connectivity index (χ1v) is 12.0. The zero-order valence-electron chi connectivity index (χ0n) is 16.7. The van der Waals surface area contributed by atoms with Crippen molar-refractivity contribution in [3.63, 3.8) is 0 Å². The van der Waals surface area contributed by atoms with Gasteiger partial charge in [0.25, 0.3) is 5.91 Å². The van der Waals surface area contributed by atoms with Crippen molar-refractivity contribution in [1.82, 2.24) is 9.97 Å². The Kier molecular flexibility index (Phi) is 5.78. The molecule has 5 rings (SSSR count). The topological polar surface area (TPSA) is 70.1 Å². The van der Waals surface area contributed by atoms with Crippen LogP contribution in [0.5, 0.6) is 0 Å². The summed E-state index contributed by atoms with van der Waals surface area (Å²) in [5, 5.41) is 3.02. The number of hydrogen-bond donors (Lipinski definition) is 2. The molecule has 1 aliphatic heterocycles. The van der Waals surface area contributed by atoms with Crippen LogP contribution in [-0.2, 0) is 5.75 Å². The van der Waals surface area contributed by atoms with E-state index in [1.807, 2.05) is 72.8 Å². The predicted octanol–water partition coefficient (Wildman–Crippen LogP) is 5.82. The lowest BCUT2D eigenvalue weighted by atomic mass is 10.1. The molecule has 5 nitrogen and oxygen atoms in total. The molecule has 0 fully saturated rings. The number of H-pyrrole nitrogens is 1. The number of aromatic amines is 1. The molecule has 7 heteroatoms. The number of imidazole rings is 1. The van der Waals surface area contributed by atoms with Crippen LogP contribution in [0.2, 0.25) is 0 Å². The molecule has 2 N–H and O–H groups in total. The molecule has 0 aliphatic carbocycles. The van der Waals surface area contributed by atoms with E-state index >= 15 is 0 Å². The van der Waals surface area contributed by atoms with E-state index in [2.05, 4.69) is 20.3 Å². The normalized spacial score (nSPS) is 13.4. The van der Waals surface area contributed by atoms with Gasteiger partial charge in [0.1, 0.15) is 10.2 Å². The molecule has 0 radical (unpaired) electrons. The zero-order chi connectivity index (χ0) is 21.0. The van der Waals surface area contributed by atoms with Crippen LogP contribution >= 0.6 is 23.5 Å². The number of nitrogens with one attached hydrogen (secondary N) is 2. The van der Waals surface area contributed by atoms with Gasteiger partial charge in [0, 0.05) is 28.3 Å². The third-order valence-electron chi connectivity index (χ3n) is 4.98. The van der Waals surface area contributed by atoms with Crippen molar-refractivity contribution < 1.29 is 4.79 Å². The van der Waals surface area contributed by atoms with Gasteiger partial charge in [-0.15, -0.1) is 0 Å². The van der Waals surface area contributed by atoms with E-state index in [-0.39, 0.29) is 5.91 Å². The summed E-state index contributed by atoms with van der Waals surface area (Å²) in [5.74, 6) is 2.50. The minimum Gasteiger partial charge on any atom is -0.338 e. The Morgan fingerprint density at radius 3 is 2.65 bits per heavy atom. The van der Waals surface area contributed by atoms with Crippen LogP contribution in [0.3, 0.4) is 0 Å². The first kappa shape index (κ1) is 19.9. The van der Waals surface area contributed by atoms with Crippen molar-refractivity contribution in [2.75, 3.05) is 17.6 Å². The molecule has 4 aromatic rings. The Bertz CT molecular complexity index is 1230. The quantitative estimate of drug-likeness (QED) is 0.407. The van der Waals surface area contributed by atoms with Crippen LogP contribution in [0.4, 0.5) is 5.69 Å². The number of hydrogen-bond acceptors (Lipinski definition) is 5. The molecule has 154 valence electrons. The SMILES string of the molecule is O=C(Nc1ccc(-c2nc3ccccc3[nH]2)cc1)c1ccccc1CSC1=NCCS1. The average Bonchev–Trinajstić information content (AvgIpc) is 3.48. The fourth-order valence-corrected chi connectivity index (χ4v) is 5.42. The number of rotatable bonds is 5. The molecule has 0 saturated carbocycles. The van der Waals surface area contributed by atoms with Gasteiger partial charge in [0.2, 0.25) is 0 Å². The van der Waals surface area contributed by atoms with Crippen LogP contribution < -0.4 is 5.32 Å². The van der Waals surface area contributed by atoms with E-state index in [4.69, 9.17) is 0 Å². The zero-order valence-corrected chi connectivity index (χ0v) is 18.3. The lowest BCUT2D eigenvalue weighted by Crippen LogP contribution is -2.14. The van der Waals surface area contributed by atoms with Gasteiger partial charge < -0.3 is 10.3 Å². The fraction of sp³-hybridized carbons (Fsp3) is 0.125. The van der Waals surface area contributed by atoms with E-state index in [0.717, 1.165) is 56.1 Å². The van der Waals surface area contributed by atoms with E-state index in [9.17, 15) is 4.79 Å². The molecule has 0 bridgehead atoms. The third kappa shape index (κ3) is 4.52. The number of thioether (sulfide) groups is 2. The maximum absolute atomic E-state index is 12.9. The van der Waals surface area contributed by atoms with E-state index in [0.29, 0.717) is 5.56 Å². The van der Waals surface area contributed by atoms with Gasteiger partial charge in [0.15, 0.2) is 0 Å². The number of amides is 1. The average molecular weight is 445 g/mol. The van der Waals surface area contributed by atoms with E-state index in [1.54, 1.807) is 23.5 Å². The Labute approximate surface area is 188 Å². The Balaban J connectivity index is 1.29. The van der Waals surface area contributed by atoms with Crippen LogP contribution in [-0.4, -0.2) is 32.5 Å². The minimum absolute atomic E-state index is 0.103. The number of aromatic nitrogens is 2. The van der Waals surface area contributed by atoms with Crippen LogP contribution in [0.25, 0.3) is 22.4 Å². The van der Waals surface area contributed by atoms with Crippen molar-refractivity contribution >= 4 is 50.5 Å². The summed E-state index contributed by atoms with van der Waals surface area (Å²) < 4.78 is 1.11. The summed E-state index contributed by atoms with van der Waals surface area (Å²) in [6.07, 6.45) is 0. The van der Waals surface area contributed by atoms with E-state index in [1.165, 1.54) is 0 Å². The standard InChI is InChI=1S/C24H20N4OS2/c29-23(19-6-2-1-5-17(19)15-31-24-25-13-14-30-24)26-18-11-9-16(10-12-18)22-27-20-7-3-4-8-21(20)28-22/h1-12H,13-15H2,(H,26,29)(H,27,28). The number of anilines is 1. The minimum atomic E-state index is -0.103. The van der Waals surface area contributed by atoms with E-state index < -0.39 is 0 Å². The lowest BCUT2D eigenvalue weighted by molar-refractivity contribution is 0.102. The largest absolute Gasteiger partial charge is 0.338 e. The fourth-order valence-electron chi connectivity index (χ4n) is 3.41. The Morgan fingerprint density at radius 2 is 1.84 bits per heavy atom. The van der Waals surface area contributed by atoms with Crippen LogP contribution in [0.15, 0.2) is 77.8 Å². The summed E-state index contributed by atoms with van der Waals surface area (Å²) in [6.45, 7) is 0.888. The van der Waals surface area contributed by atoms with Crippen molar-refractivity contribution in [1.29, 1.82) is 0 Å². The highest BCUT2D eigenvalue weighted by molar-refractivity contribution is 8.38. The summed E-state index contributed by atoms with van der Waals surface area (Å²) in [5.41, 5.74) is 5.38. The van der Waals surface area contributed by atoms with Gasteiger partial charge >= 0.3 is 0 Å². The van der Waals surface area contributed by atoms with Crippen LogP contribution in [0.1, 0.15) is 15.9 Å². The molecule has 2 heterocycles. The number of fused-ring (bicyclic) bond motifs is 1. The van der Waals surface area contributed by atoms with Gasteiger partial charge in [-0.3, -0.25) is 9.79 Å². The molecule has 0 unspecified atom stereocenters. The van der Waals surface area contributed by atoms with Gasteiger partial charge in [-0.2, -0.15) is 0 Å². The summed E-state index contributed by atoms with van der Waals surface area (Å²) in [7, 11) is 0. The third-order valence-corrected chi connectivity index (χ3v) is 7.28. The second-order valence-corrected chi connectivity index (χ2v) is 9.38. The summed E-state index contributed by atoms with van der Waals surface area (Å²) >= 11 is 3.48. The van der Waals surface area contributed by atoms with Gasteiger partial charge in [-0.25, -0.2) is 4.98 Å². The molecule has 0 atom stereocenters. The molecule has 0 saturated heterocycles. The number of nitrogens with zero attached hydrogens (tertiary/aromatic N) is 2.